The predicted molar refractivity (Wildman–Crippen MR) is 118 cm³/mol. The first-order valence-corrected chi connectivity index (χ1v) is 9.77. The summed E-state index contributed by atoms with van der Waals surface area (Å²) in [6.45, 7) is 4.72. The molecule has 142 valence electrons. The van der Waals surface area contributed by atoms with E-state index in [2.05, 4.69) is 26.4 Å². The number of nitrogens with one attached hydrogen (secondary N) is 1. The van der Waals surface area contributed by atoms with E-state index in [1.165, 1.54) is 5.56 Å². The fraction of sp³-hybridized carbons (Fsp3) is 0.263. The molecule has 3 rings (SSSR count). The van der Waals surface area contributed by atoms with E-state index >= 15 is 0 Å². The Hall–Kier alpha value is -1.86. The molecular weight excluding hydrogens is 401 g/mol. The van der Waals surface area contributed by atoms with Gasteiger partial charge in [0.05, 0.1) is 16.9 Å². The van der Waals surface area contributed by atoms with Crippen LogP contribution in [0.4, 0.5) is 5.69 Å². The molecule has 0 unspecified atom stereocenters. The summed E-state index contributed by atoms with van der Waals surface area (Å²) in [5, 5.41) is 5.57. The Morgan fingerprint density at radius 1 is 1.15 bits per heavy atom. The lowest BCUT2D eigenvalue weighted by Crippen LogP contribution is -2.46. The number of hydrogen-bond acceptors (Lipinski definition) is 4. The normalized spacial score (nSPS) is 15.3. The third kappa shape index (κ3) is 5.81. The highest BCUT2D eigenvalue weighted by molar-refractivity contribution is 7.80. The van der Waals surface area contributed by atoms with Gasteiger partial charge in [-0.2, -0.15) is 5.10 Å². The molecule has 0 radical (unpaired) electrons. The predicted octanol–water partition coefficient (Wildman–Crippen LogP) is 3.48. The maximum Gasteiger partial charge on any atom is 0.184 e. The molecule has 1 aliphatic heterocycles. The zero-order valence-corrected chi connectivity index (χ0v) is 17.1. The van der Waals surface area contributed by atoms with Crippen LogP contribution >= 0.6 is 35.4 Å². The Morgan fingerprint density at radius 3 is 2.59 bits per heavy atom. The summed E-state index contributed by atoms with van der Waals surface area (Å²) in [5.41, 5.74) is 11.0. The molecule has 2 aromatic carbocycles. The molecule has 0 saturated carbocycles. The van der Waals surface area contributed by atoms with Crippen LogP contribution in [0.2, 0.25) is 10.0 Å². The number of rotatable bonds is 5. The molecule has 0 atom stereocenters. The quantitative estimate of drug-likeness (QED) is 0.439. The number of halogens is 2. The molecule has 0 spiro atoms. The Morgan fingerprint density at radius 2 is 1.93 bits per heavy atom. The van der Waals surface area contributed by atoms with Gasteiger partial charge in [0.25, 0.3) is 0 Å². The van der Waals surface area contributed by atoms with Crippen molar-refractivity contribution in [3.63, 3.8) is 0 Å². The highest BCUT2D eigenvalue weighted by atomic mass is 35.5. The zero-order chi connectivity index (χ0) is 19.2. The lowest BCUT2D eigenvalue weighted by atomic mass is 10.1. The van der Waals surface area contributed by atoms with Gasteiger partial charge in [-0.15, -0.1) is 0 Å². The monoisotopic (exact) mass is 421 g/mol. The molecule has 8 heteroatoms. The Balaban J connectivity index is 1.57. The van der Waals surface area contributed by atoms with Gasteiger partial charge >= 0.3 is 0 Å². The molecule has 0 aromatic heterocycles. The number of thiocarbonyl (C=S) groups is 1. The van der Waals surface area contributed by atoms with Crippen molar-refractivity contribution in [3.05, 3.63) is 63.6 Å². The molecule has 0 aliphatic carbocycles. The standard InChI is InChI=1S/C19H21Cl2N5S/c20-16-3-1-2-15(10-16)13-25-6-8-26(9-7-25)18-5-4-14(11-17(18)21)12-23-24-19(22)27/h1-5,10-12H,6-9,13H2,(H3,22,24,27). The molecule has 1 fully saturated rings. The van der Waals surface area contributed by atoms with Gasteiger partial charge in [0.1, 0.15) is 0 Å². The van der Waals surface area contributed by atoms with Gasteiger partial charge in [-0.3, -0.25) is 10.3 Å². The second kappa shape index (κ2) is 9.37. The molecule has 1 heterocycles. The molecule has 1 saturated heterocycles. The smallest absolute Gasteiger partial charge is 0.184 e. The van der Waals surface area contributed by atoms with Crippen molar-refractivity contribution in [2.45, 2.75) is 6.54 Å². The lowest BCUT2D eigenvalue weighted by molar-refractivity contribution is 0.250. The Kier molecular flexibility index (Phi) is 6.90. The second-order valence-electron chi connectivity index (χ2n) is 6.34. The third-order valence-electron chi connectivity index (χ3n) is 4.37. The van der Waals surface area contributed by atoms with Crippen LogP contribution in [0, 0.1) is 0 Å². The highest BCUT2D eigenvalue weighted by Gasteiger charge is 2.19. The van der Waals surface area contributed by atoms with Crippen LogP contribution in [0.3, 0.4) is 0 Å². The summed E-state index contributed by atoms with van der Waals surface area (Å²) >= 11 is 17.3. The fourth-order valence-electron chi connectivity index (χ4n) is 3.07. The van der Waals surface area contributed by atoms with Gasteiger partial charge in [0.2, 0.25) is 0 Å². The molecule has 2 aromatic rings. The lowest BCUT2D eigenvalue weighted by Gasteiger charge is -2.36. The van der Waals surface area contributed by atoms with E-state index in [9.17, 15) is 0 Å². The Bertz CT molecular complexity index is 835. The maximum atomic E-state index is 6.49. The highest BCUT2D eigenvalue weighted by Crippen LogP contribution is 2.27. The van der Waals surface area contributed by atoms with E-state index in [1.54, 1.807) is 6.21 Å². The van der Waals surface area contributed by atoms with Crippen LogP contribution in [0.5, 0.6) is 0 Å². The van der Waals surface area contributed by atoms with Gasteiger partial charge in [-0.1, -0.05) is 41.4 Å². The number of hydrogen-bond donors (Lipinski definition) is 2. The van der Waals surface area contributed by atoms with Crippen molar-refractivity contribution >= 4 is 52.4 Å². The van der Waals surface area contributed by atoms with Gasteiger partial charge in [0, 0.05) is 37.7 Å². The first kappa shape index (κ1) is 19.9. The minimum Gasteiger partial charge on any atom is -0.375 e. The van der Waals surface area contributed by atoms with Gasteiger partial charge < -0.3 is 10.6 Å². The largest absolute Gasteiger partial charge is 0.375 e. The SMILES string of the molecule is NC(=S)NN=Cc1ccc(N2CCN(Cc3cccc(Cl)c3)CC2)c(Cl)c1. The minimum absolute atomic E-state index is 0.129. The van der Waals surface area contributed by atoms with Gasteiger partial charge in [-0.25, -0.2) is 0 Å². The second-order valence-corrected chi connectivity index (χ2v) is 7.62. The van der Waals surface area contributed by atoms with E-state index in [0.717, 1.165) is 49.0 Å². The number of nitrogens with zero attached hydrogens (tertiary/aromatic N) is 3. The van der Waals surface area contributed by atoms with Crippen molar-refractivity contribution < 1.29 is 0 Å². The molecule has 5 nitrogen and oxygen atoms in total. The van der Waals surface area contributed by atoms with E-state index < -0.39 is 0 Å². The van der Waals surface area contributed by atoms with Crippen molar-refractivity contribution in [2.24, 2.45) is 10.8 Å². The van der Waals surface area contributed by atoms with Crippen molar-refractivity contribution in [1.82, 2.24) is 10.3 Å². The molecule has 3 N–H and O–H groups in total. The van der Waals surface area contributed by atoms with Crippen molar-refractivity contribution in [2.75, 3.05) is 31.1 Å². The maximum absolute atomic E-state index is 6.49. The number of anilines is 1. The van der Waals surface area contributed by atoms with Crippen LogP contribution in [0.15, 0.2) is 47.6 Å². The summed E-state index contributed by atoms with van der Waals surface area (Å²) in [6, 6.07) is 13.9. The van der Waals surface area contributed by atoms with Crippen LogP contribution in [0.25, 0.3) is 0 Å². The first-order chi connectivity index (χ1) is 13.0. The first-order valence-electron chi connectivity index (χ1n) is 8.61. The third-order valence-corrected chi connectivity index (χ3v) is 5.00. The van der Waals surface area contributed by atoms with Gasteiger partial charge in [-0.05, 0) is 47.6 Å². The van der Waals surface area contributed by atoms with Crippen LogP contribution in [-0.2, 0) is 6.54 Å². The minimum atomic E-state index is 0.129. The molecule has 0 bridgehead atoms. The molecule has 0 amide bonds. The zero-order valence-electron chi connectivity index (χ0n) is 14.7. The number of hydrazone groups is 1. The summed E-state index contributed by atoms with van der Waals surface area (Å²) in [5.74, 6) is 0. The van der Waals surface area contributed by atoms with E-state index in [1.807, 2.05) is 36.4 Å². The summed E-state index contributed by atoms with van der Waals surface area (Å²) in [4.78, 5) is 4.74. The number of benzene rings is 2. The number of nitrogens with two attached hydrogens (primary N) is 1. The summed E-state index contributed by atoms with van der Waals surface area (Å²) in [7, 11) is 0. The molecule has 1 aliphatic rings. The van der Waals surface area contributed by atoms with Crippen molar-refractivity contribution in [1.29, 1.82) is 0 Å². The van der Waals surface area contributed by atoms with Crippen LogP contribution in [-0.4, -0.2) is 42.4 Å². The van der Waals surface area contributed by atoms with Crippen LogP contribution < -0.4 is 16.1 Å². The molecule has 27 heavy (non-hydrogen) atoms. The average Bonchev–Trinajstić information content (AvgIpc) is 2.62. The number of piperazine rings is 1. The fourth-order valence-corrected chi connectivity index (χ4v) is 3.64. The van der Waals surface area contributed by atoms with Crippen LogP contribution in [0.1, 0.15) is 11.1 Å². The van der Waals surface area contributed by atoms with E-state index in [-0.39, 0.29) is 5.11 Å². The summed E-state index contributed by atoms with van der Waals surface area (Å²) < 4.78 is 0. The summed E-state index contributed by atoms with van der Waals surface area (Å²) in [6.07, 6.45) is 1.64. The van der Waals surface area contributed by atoms with Crippen molar-refractivity contribution in [3.8, 4) is 0 Å². The topological polar surface area (TPSA) is 56.9 Å². The average molecular weight is 422 g/mol. The van der Waals surface area contributed by atoms with Gasteiger partial charge in [0.15, 0.2) is 5.11 Å². The van der Waals surface area contributed by atoms with E-state index in [4.69, 9.17) is 41.2 Å². The Labute approximate surface area is 174 Å². The van der Waals surface area contributed by atoms with E-state index in [0.29, 0.717) is 5.02 Å². The molecular formula is C19H21Cl2N5S.